The number of hydrogen-bond acceptors (Lipinski definition) is 0. The van der Waals surface area contributed by atoms with Gasteiger partial charge < -0.3 is 0 Å². The smallest absolute Gasteiger partial charge is 0.184 e. The van der Waals surface area contributed by atoms with Crippen LogP contribution in [0, 0.1) is 6.07 Å². The Morgan fingerprint density at radius 1 is 0.875 bits per heavy atom. The Morgan fingerprint density at radius 3 is 1.50 bits per heavy atom. The van der Waals surface area contributed by atoms with Crippen LogP contribution in [0.3, 0.4) is 0 Å². The van der Waals surface area contributed by atoms with E-state index in [0.717, 1.165) is 0 Å². The van der Waals surface area contributed by atoms with Crippen LogP contribution in [0.1, 0.15) is 0 Å². The first kappa shape index (κ1) is 11.2. The number of hydrogen-bond donors (Lipinski definition) is 0. The zero-order valence-corrected chi connectivity index (χ0v) is 7.98. The second kappa shape index (κ2) is 7.39. The summed E-state index contributed by atoms with van der Waals surface area (Å²) in [6.45, 7) is 0. The van der Waals surface area contributed by atoms with Crippen LogP contribution in [0.2, 0.25) is 0 Å². The zero-order chi connectivity index (χ0) is 4.24. The third kappa shape index (κ3) is 4.55. The topological polar surface area (TPSA) is 0 Å². The fraction of sp³-hybridized carbons (Fsp3) is 0. The van der Waals surface area contributed by atoms with Crippen molar-refractivity contribution >= 4 is 9.90 Å². The van der Waals surface area contributed by atoms with E-state index in [-0.39, 0.29) is 32.3 Å². The van der Waals surface area contributed by atoms with Gasteiger partial charge in [0, 0.05) is 0 Å². The van der Waals surface area contributed by atoms with Gasteiger partial charge in [-0.2, -0.15) is 46.3 Å². The van der Waals surface area contributed by atoms with E-state index in [9.17, 15) is 0 Å². The van der Waals surface area contributed by atoms with E-state index in [0.29, 0.717) is 0 Å². The van der Waals surface area contributed by atoms with Gasteiger partial charge >= 0.3 is 22.4 Å². The summed E-state index contributed by atoms with van der Waals surface area (Å²) in [7, 11) is 0. The standard InChI is InChI=1S/C6H5.Au.H3P/c1-2-4-6-5-3-1;;/h1-5H;;1H3/q-1;+1;. The van der Waals surface area contributed by atoms with Crippen LogP contribution in [0.15, 0.2) is 30.3 Å². The maximum Gasteiger partial charge on any atom is 1.00 e. The molecule has 1 aromatic rings. The van der Waals surface area contributed by atoms with E-state index in [4.69, 9.17) is 0 Å². The third-order valence-electron chi connectivity index (χ3n) is 0.607. The molecule has 0 radical (unpaired) electrons. The van der Waals surface area contributed by atoms with Crippen LogP contribution in [0.5, 0.6) is 0 Å². The first-order valence-electron chi connectivity index (χ1n) is 1.91. The molecule has 0 amide bonds. The monoisotopic (exact) mass is 308 g/mol. The Kier molecular flexibility index (Phi) is 10.4. The van der Waals surface area contributed by atoms with Gasteiger partial charge in [0.15, 0.2) is 0 Å². The van der Waals surface area contributed by atoms with E-state index in [1.54, 1.807) is 0 Å². The van der Waals surface area contributed by atoms with Crippen LogP contribution in [0.4, 0.5) is 0 Å². The molecule has 0 aliphatic rings. The van der Waals surface area contributed by atoms with Gasteiger partial charge in [0.1, 0.15) is 0 Å². The molecule has 0 saturated carbocycles. The summed E-state index contributed by atoms with van der Waals surface area (Å²) in [4.78, 5) is 0. The molecule has 0 aromatic heterocycles. The fourth-order valence-corrected chi connectivity index (χ4v) is 0.342. The molecule has 1 unspecified atom stereocenters. The van der Waals surface area contributed by atoms with Crippen LogP contribution >= 0.6 is 9.90 Å². The van der Waals surface area contributed by atoms with Crippen molar-refractivity contribution in [2.24, 2.45) is 0 Å². The predicted octanol–water partition coefficient (Wildman–Crippen LogP) is 1.54. The normalized spacial score (nSPS) is 6.00. The summed E-state index contributed by atoms with van der Waals surface area (Å²) in [5.41, 5.74) is 0. The van der Waals surface area contributed by atoms with E-state index >= 15 is 0 Å². The van der Waals surface area contributed by atoms with Gasteiger partial charge in [-0.15, -0.1) is 0 Å². The molecular weight excluding hydrogens is 300 g/mol. The minimum atomic E-state index is 0. The summed E-state index contributed by atoms with van der Waals surface area (Å²) in [5, 5.41) is 0. The predicted molar refractivity (Wildman–Crippen MR) is 36.4 cm³/mol. The molecule has 2 heteroatoms. The van der Waals surface area contributed by atoms with Crippen molar-refractivity contribution in [1.29, 1.82) is 0 Å². The van der Waals surface area contributed by atoms with Crippen molar-refractivity contribution in [3.63, 3.8) is 0 Å². The first-order valence-corrected chi connectivity index (χ1v) is 1.91. The molecule has 0 aliphatic heterocycles. The molecule has 0 spiro atoms. The van der Waals surface area contributed by atoms with Crippen LogP contribution in [0.25, 0.3) is 0 Å². The molecule has 1 aromatic carbocycles. The molecular formula is C6H8AuP. The average molecular weight is 308 g/mol. The quantitative estimate of drug-likeness (QED) is 0.387. The Labute approximate surface area is 68.8 Å². The van der Waals surface area contributed by atoms with Gasteiger partial charge in [-0.25, -0.2) is 0 Å². The van der Waals surface area contributed by atoms with Crippen molar-refractivity contribution in [1.82, 2.24) is 0 Å². The van der Waals surface area contributed by atoms with Gasteiger partial charge in [0.05, 0.1) is 0 Å². The van der Waals surface area contributed by atoms with Crippen molar-refractivity contribution in [3.05, 3.63) is 36.4 Å². The van der Waals surface area contributed by atoms with Crippen molar-refractivity contribution in [2.75, 3.05) is 0 Å². The first-order chi connectivity index (χ1) is 3.00. The van der Waals surface area contributed by atoms with Gasteiger partial charge in [0.25, 0.3) is 0 Å². The van der Waals surface area contributed by atoms with Crippen molar-refractivity contribution < 1.29 is 22.4 Å². The summed E-state index contributed by atoms with van der Waals surface area (Å²) in [5.74, 6) is 0. The summed E-state index contributed by atoms with van der Waals surface area (Å²) < 4.78 is 0. The minimum absolute atomic E-state index is 0. The molecule has 8 heavy (non-hydrogen) atoms. The fourth-order valence-electron chi connectivity index (χ4n) is 0.342. The van der Waals surface area contributed by atoms with Gasteiger partial charge in [-0.3, -0.25) is 0 Å². The van der Waals surface area contributed by atoms with E-state index < -0.39 is 0 Å². The summed E-state index contributed by atoms with van der Waals surface area (Å²) in [6.07, 6.45) is 0. The molecule has 0 bridgehead atoms. The molecule has 1 rings (SSSR count). The Hall–Kier alpha value is 0.390. The molecule has 0 fully saturated rings. The Balaban J connectivity index is 0. The number of benzene rings is 1. The SMILES string of the molecule is P.[Au+].[c-]1ccccc1. The van der Waals surface area contributed by atoms with Crippen LogP contribution in [-0.4, -0.2) is 0 Å². The number of rotatable bonds is 0. The maximum atomic E-state index is 2.89. The summed E-state index contributed by atoms with van der Waals surface area (Å²) in [6, 6.07) is 12.5. The van der Waals surface area contributed by atoms with Crippen molar-refractivity contribution in [3.8, 4) is 0 Å². The summed E-state index contributed by atoms with van der Waals surface area (Å²) >= 11 is 0. The minimum Gasteiger partial charge on any atom is -0.184 e. The largest absolute Gasteiger partial charge is 1.00 e. The molecule has 0 nitrogen and oxygen atoms in total. The van der Waals surface area contributed by atoms with E-state index in [2.05, 4.69) is 6.07 Å². The second-order valence-electron chi connectivity index (χ2n) is 1.08. The average Bonchev–Trinajstić information content (AvgIpc) is 1.72. The van der Waals surface area contributed by atoms with Gasteiger partial charge in [0.2, 0.25) is 0 Å². The maximum absolute atomic E-state index is 2.89. The Morgan fingerprint density at radius 2 is 1.38 bits per heavy atom. The molecule has 1 atom stereocenters. The van der Waals surface area contributed by atoms with Crippen LogP contribution in [-0.2, 0) is 22.4 Å². The zero-order valence-electron chi connectivity index (χ0n) is 4.40. The van der Waals surface area contributed by atoms with E-state index in [1.165, 1.54) is 0 Å². The third-order valence-corrected chi connectivity index (χ3v) is 0.607. The molecule has 0 aliphatic carbocycles. The van der Waals surface area contributed by atoms with Gasteiger partial charge in [-0.05, 0) is 0 Å². The van der Waals surface area contributed by atoms with Crippen molar-refractivity contribution in [2.45, 2.75) is 0 Å². The van der Waals surface area contributed by atoms with E-state index in [1.807, 2.05) is 30.3 Å². The molecule has 0 saturated heterocycles. The second-order valence-corrected chi connectivity index (χ2v) is 1.08. The Bertz CT molecular complexity index is 80.5. The molecule has 48 valence electrons. The van der Waals surface area contributed by atoms with Gasteiger partial charge in [-0.1, -0.05) is 0 Å². The van der Waals surface area contributed by atoms with Crippen LogP contribution < -0.4 is 0 Å². The molecule has 0 heterocycles. The molecule has 0 N–H and O–H groups in total.